The number of carbonyl (C=O) groups is 1. The fourth-order valence-corrected chi connectivity index (χ4v) is 7.72. The molecule has 7 nitrogen and oxygen atoms in total. The van der Waals surface area contributed by atoms with Gasteiger partial charge in [-0.3, -0.25) is 4.79 Å². The number of nitrogens with zero attached hydrogens (tertiary/aromatic N) is 2. The van der Waals surface area contributed by atoms with Crippen LogP contribution in [0.15, 0.2) is 102 Å². The second-order valence-corrected chi connectivity index (χ2v) is 13.1. The zero-order valence-electron chi connectivity index (χ0n) is 24.6. The van der Waals surface area contributed by atoms with Crippen molar-refractivity contribution < 1.29 is 17.6 Å². The predicted molar refractivity (Wildman–Crippen MR) is 173 cm³/mol. The molecule has 1 unspecified atom stereocenters. The van der Waals surface area contributed by atoms with Crippen LogP contribution in [0.25, 0.3) is 0 Å². The van der Waals surface area contributed by atoms with Crippen LogP contribution in [0, 0.1) is 5.82 Å². The Labute approximate surface area is 258 Å². The van der Waals surface area contributed by atoms with Gasteiger partial charge >= 0.3 is 0 Å². The van der Waals surface area contributed by atoms with E-state index in [0.29, 0.717) is 56.1 Å². The number of hydrogen-bond donors (Lipinski definition) is 2. The summed E-state index contributed by atoms with van der Waals surface area (Å²) >= 11 is 0. The van der Waals surface area contributed by atoms with E-state index < -0.39 is 10.0 Å². The quantitative estimate of drug-likeness (QED) is 0.240. The Morgan fingerprint density at radius 2 is 1.50 bits per heavy atom. The smallest absolute Gasteiger partial charge is 0.243 e. The number of fused-ring (bicyclic) bond motifs is 1. The standard InChI is InChI=1S/C35H37FN4O3S/c36-30-14-6-7-16-32(30)39-21-23-40(24-22-39)33-19-18-28(37-35(41)20-17-26-9-2-1-3-10-26)25-34(33)44(42,43)38-31-15-8-12-27-11-4-5-13-29(27)31/h1-7,9-11,13-14,16,18-19,25,31,38H,8,12,15,17,20-24H2,(H,37,41). The first-order chi connectivity index (χ1) is 21.4. The van der Waals surface area contributed by atoms with E-state index >= 15 is 0 Å². The fraction of sp³-hybridized carbons (Fsp3) is 0.286. The third kappa shape index (κ3) is 6.79. The van der Waals surface area contributed by atoms with Gasteiger partial charge < -0.3 is 15.1 Å². The van der Waals surface area contributed by atoms with Crippen LogP contribution in [-0.2, 0) is 27.7 Å². The minimum absolute atomic E-state index is 0.126. The molecule has 228 valence electrons. The van der Waals surface area contributed by atoms with Gasteiger partial charge in [0, 0.05) is 44.3 Å². The average molecular weight is 613 g/mol. The van der Waals surface area contributed by atoms with Crippen LogP contribution in [0.5, 0.6) is 0 Å². The molecule has 1 fully saturated rings. The summed E-state index contributed by atoms with van der Waals surface area (Å²) in [6.45, 7) is 2.13. The summed E-state index contributed by atoms with van der Waals surface area (Å²) in [6.07, 6.45) is 3.40. The molecule has 1 aliphatic carbocycles. The molecule has 44 heavy (non-hydrogen) atoms. The van der Waals surface area contributed by atoms with Gasteiger partial charge in [0.15, 0.2) is 0 Å². The first kappa shape index (κ1) is 29.8. The minimum atomic E-state index is -3.99. The van der Waals surface area contributed by atoms with Crippen molar-refractivity contribution in [1.29, 1.82) is 0 Å². The zero-order valence-corrected chi connectivity index (χ0v) is 25.4. The highest BCUT2D eigenvalue weighted by molar-refractivity contribution is 7.89. The number of piperazine rings is 1. The lowest BCUT2D eigenvalue weighted by atomic mass is 9.88. The van der Waals surface area contributed by atoms with Crippen molar-refractivity contribution in [2.24, 2.45) is 0 Å². The van der Waals surface area contributed by atoms with Gasteiger partial charge in [-0.05, 0) is 72.7 Å². The number of amides is 1. The molecule has 0 spiro atoms. The Balaban J connectivity index is 1.25. The Morgan fingerprint density at radius 3 is 2.27 bits per heavy atom. The van der Waals surface area contributed by atoms with E-state index in [4.69, 9.17) is 0 Å². The number of anilines is 3. The van der Waals surface area contributed by atoms with E-state index in [-0.39, 0.29) is 29.1 Å². The van der Waals surface area contributed by atoms with E-state index in [9.17, 15) is 17.6 Å². The molecule has 0 aromatic heterocycles. The highest BCUT2D eigenvalue weighted by Crippen LogP contribution is 2.35. The van der Waals surface area contributed by atoms with Gasteiger partial charge in [0.2, 0.25) is 15.9 Å². The zero-order chi connectivity index (χ0) is 30.5. The van der Waals surface area contributed by atoms with Crippen LogP contribution in [0.4, 0.5) is 21.5 Å². The summed E-state index contributed by atoms with van der Waals surface area (Å²) in [6, 6.07) is 29.2. The van der Waals surface area contributed by atoms with Crippen LogP contribution in [0.3, 0.4) is 0 Å². The average Bonchev–Trinajstić information content (AvgIpc) is 3.05. The molecule has 1 heterocycles. The maximum atomic E-state index is 14.5. The molecule has 2 aliphatic rings. The van der Waals surface area contributed by atoms with Gasteiger partial charge in [-0.15, -0.1) is 0 Å². The Kier molecular flexibility index (Phi) is 8.95. The van der Waals surface area contributed by atoms with Gasteiger partial charge in [0.25, 0.3) is 0 Å². The number of hydrogen-bond acceptors (Lipinski definition) is 5. The summed E-state index contributed by atoms with van der Waals surface area (Å²) in [5.41, 5.74) is 4.78. The Morgan fingerprint density at radius 1 is 0.818 bits per heavy atom. The number of sulfonamides is 1. The molecule has 4 aromatic rings. The lowest BCUT2D eigenvalue weighted by Gasteiger charge is -2.38. The van der Waals surface area contributed by atoms with Gasteiger partial charge in [0.1, 0.15) is 10.7 Å². The Bertz CT molecular complexity index is 1720. The van der Waals surface area contributed by atoms with Crippen LogP contribution >= 0.6 is 0 Å². The monoisotopic (exact) mass is 612 g/mol. The van der Waals surface area contributed by atoms with Crippen molar-refractivity contribution >= 4 is 33.0 Å². The number of aryl methyl sites for hydroxylation is 2. The van der Waals surface area contributed by atoms with E-state index in [0.717, 1.165) is 29.5 Å². The van der Waals surface area contributed by atoms with Crippen molar-refractivity contribution in [3.05, 3.63) is 120 Å². The highest BCUT2D eigenvalue weighted by atomic mass is 32.2. The fourth-order valence-electron chi connectivity index (χ4n) is 6.22. The molecule has 4 aromatic carbocycles. The molecule has 6 rings (SSSR count). The molecule has 0 radical (unpaired) electrons. The highest BCUT2D eigenvalue weighted by Gasteiger charge is 2.30. The topological polar surface area (TPSA) is 81.8 Å². The molecule has 0 saturated carbocycles. The maximum absolute atomic E-state index is 14.5. The molecule has 1 saturated heterocycles. The van der Waals surface area contributed by atoms with E-state index in [1.807, 2.05) is 64.4 Å². The third-order valence-electron chi connectivity index (χ3n) is 8.50. The SMILES string of the molecule is O=C(CCc1ccccc1)Nc1ccc(N2CCN(c3ccccc3F)CC2)c(S(=O)(=O)NC2CCCc3ccccc32)c1. The van der Waals surface area contributed by atoms with Gasteiger partial charge in [-0.1, -0.05) is 66.7 Å². The van der Waals surface area contributed by atoms with Gasteiger partial charge in [-0.2, -0.15) is 0 Å². The van der Waals surface area contributed by atoms with E-state index in [1.165, 1.54) is 6.07 Å². The van der Waals surface area contributed by atoms with Crippen molar-refractivity contribution in [3.63, 3.8) is 0 Å². The number of nitrogens with one attached hydrogen (secondary N) is 2. The molecular weight excluding hydrogens is 575 g/mol. The molecular formula is C35H37FN4O3S. The second-order valence-electron chi connectivity index (χ2n) is 11.4. The largest absolute Gasteiger partial charge is 0.367 e. The molecule has 2 N–H and O–H groups in total. The van der Waals surface area contributed by atoms with E-state index in [2.05, 4.69) is 16.1 Å². The van der Waals surface area contributed by atoms with Crippen LogP contribution in [-0.4, -0.2) is 40.5 Å². The molecule has 0 bridgehead atoms. The number of benzene rings is 4. The molecule has 1 aliphatic heterocycles. The molecule has 1 amide bonds. The number of rotatable bonds is 9. The first-order valence-electron chi connectivity index (χ1n) is 15.2. The summed E-state index contributed by atoms with van der Waals surface area (Å²) in [4.78, 5) is 17.0. The van der Waals surface area contributed by atoms with Crippen molar-refractivity contribution in [2.45, 2.75) is 43.0 Å². The van der Waals surface area contributed by atoms with Crippen LogP contribution < -0.4 is 19.8 Å². The summed E-state index contributed by atoms with van der Waals surface area (Å²) in [5.74, 6) is -0.453. The minimum Gasteiger partial charge on any atom is -0.367 e. The third-order valence-corrected chi connectivity index (χ3v) is 10.00. The van der Waals surface area contributed by atoms with E-state index in [1.54, 1.807) is 30.3 Å². The Hall–Kier alpha value is -4.21. The number of para-hydroxylation sites is 1. The van der Waals surface area contributed by atoms with Crippen molar-refractivity contribution in [1.82, 2.24) is 4.72 Å². The lowest BCUT2D eigenvalue weighted by Crippen LogP contribution is -2.47. The number of carbonyl (C=O) groups excluding carboxylic acids is 1. The number of halogens is 1. The van der Waals surface area contributed by atoms with Crippen LogP contribution in [0.1, 0.15) is 42.0 Å². The first-order valence-corrected chi connectivity index (χ1v) is 16.7. The van der Waals surface area contributed by atoms with Gasteiger partial charge in [0.05, 0.1) is 11.4 Å². The molecule has 1 atom stereocenters. The summed E-state index contributed by atoms with van der Waals surface area (Å²) in [5, 5.41) is 2.91. The van der Waals surface area contributed by atoms with Crippen LogP contribution in [0.2, 0.25) is 0 Å². The summed E-state index contributed by atoms with van der Waals surface area (Å²) in [7, 11) is -3.99. The predicted octanol–water partition coefficient (Wildman–Crippen LogP) is 6.08. The normalized spacial score (nSPS) is 16.8. The summed E-state index contributed by atoms with van der Waals surface area (Å²) < 4.78 is 45.7. The van der Waals surface area contributed by atoms with Crippen molar-refractivity contribution in [2.75, 3.05) is 41.3 Å². The second kappa shape index (κ2) is 13.2. The van der Waals surface area contributed by atoms with Crippen molar-refractivity contribution in [3.8, 4) is 0 Å². The molecule has 9 heteroatoms. The van der Waals surface area contributed by atoms with Gasteiger partial charge in [-0.25, -0.2) is 17.5 Å². The maximum Gasteiger partial charge on any atom is 0.243 e. The lowest BCUT2D eigenvalue weighted by molar-refractivity contribution is -0.116.